The molecule has 102 valence electrons. The van der Waals surface area contributed by atoms with Crippen LogP contribution in [0.3, 0.4) is 0 Å². The summed E-state index contributed by atoms with van der Waals surface area (Å²) in [6.45, 7) is 0. The van der Waals surface area contributed by atoms with Gasteiger partial charge in [0.2, 0.25) is 0 Å². The fraction of sp³-hybridized carbons (Fsp3) is 0. The molecule has 0 saturated carbocycles. The molecule has 16 heavy (non-hydrogen) atoms. The Morgan fingerprint density at radius 1 is 0.438 bits per heavy atom. The number of rotatable bonds is 0. The van der Waals surface area contributed by atoms with E-state index in [4.69, 9.17) is 47.1 Å². The first kappa shape index (κ1) is 25.2. The van der Waals surface area contributed by atoms with Crippen molar-refractivity contribution >= 4 is 0 Å². The standard InChI is InChI=1S/Ir.3Mn.12O/q+3;;;;;;;;;;;;;3*-1. The monoisotopic (exact) mass is 550 g/mol. The Morgan fingerprint density at radius 2 is 0.438 bits per heavy atom. The molecule has 0 aromatic rings. The minimum atomic E-state index is -5.62. The van der Waals surface area contributed by atoms with Gasteiger partial charge in [0, 0.05) is 0 Å². The van der Waals surface area contributed by atoms with Gasteiger partial charge in [-0.2, -0.15) is 0 Å². The third-order valence-electron chi connectivity index (χ3n) is 0. The van der Waals surface area contributed by atoms with Crippen LogP contribution < -0.4 is 12.6 Å². The number of hydrogen-bond acceptors (Lipinski definition) is 12. The number of hydrogen-bond donors (Lipinski definition) is 0. The van der Waals surface area contributed by atoms with E-state index in [-0.39, 0.29) is 20.1 Å². The quantitative estimate of drug-likeness (QED) is 0.260. The van der Waals surface area contributed by atoms with Crippen LogP contribution in [0.15, 0.2) is 0 Å². The normalized spacial score (nSPS) is 10.7. The minimum absolute atomic E-state index is 0. The Morgan fingerprint density at radius 3 is 0.438 bits per heavy atom. The van der Waals surface area contributed by atoms with E-state index in [2.05, 4.69) is 0 Å². The maximum atomic E-state index is 8.58. The van der Waals surface area contributed by atoms with E-state index in [0.29, 0.717) is 0 Å². The van der Waals surface area contributed by atoms with Gasteiger partial charge in [0.1, 0.15) is 0 Å². The predicted octanol–water partition coefficient (Wildman–Crippen LogP) is -4.65. The summed E-state index contributed by atoms with van der Waals surface area (Å²) in [5.41, 5.74) is 0. The van der Waals surface area contributed by atoms with Crippen molar-refractivity contribution in [3.63, 3.8) is 0 Å². The Labute approximate surface area is 105 Å². The molecule has 0 aliphatic rings. The van der Waals surface area contributed by atoms with Crippen LogP contribution in [0.4, 0.5) is 0 Å². The summed E-state index contributed by atoms with van der Waals surface area (Å²) in [6, 6.07) is 0. The Hall–Kier alpha value is 0.288. The zero-order valence-electron chi connectivity index (χ0n) is 6.37. The molecular formula is IrMn3O12. The van der Waals surface area contributed by atoms with E-state index in [0.717, 1.165) is 0 Å². The van der Waals surface area contributed by atoms with E-state index in [1.165, 1.54) is 0 Å². The molecule has 16 heteroatoms. The molecule has 0 N–H and O–H groups in total. The third kappa shape index (κ3) is 30500. The summed E-state index contributed by atoms with van der Waals surface area (Å²) in [6.07, 6.45) is 0. The summed E-state index contributed by atoms with van der Waals surface area (Å²) in [5.74, 6) is 0. The molecule has 0 amide bonds. The second kappa shape index (κ2) is 9.33. The zero-order valence-corrected chi connectivity index (χ0v) is 12.3. The van der Waals surface area contributed by atoms with Crippen LogP contribution in [0.2, 0.25) is 0 Å². The van der Waals surface area contributed by atoms with Gasteiger partial charge in [-0.25, -0.2) is 0 Å². The molecule has 0 aromatic carbocycles. The fourth-order valence-corrected chi connectivity index (χ4v) is 0. The van der Waals surface area contributed by atoms with Gasteiger partial charge in [-0.3, -0.25) is 0 Å². The molecular weight excluding hydrogens is 549 g/mol. The zero-order chi connectivity index (χ0) is 13.5. The Bertz CT molecular complexity index is 480. The molecule has 0 spiro atoms. The molecule has 0 saturated heterocycles. The van der Waals surface area contributed by atoms with Crippen LogP contribution in [0, 0.1) is 0 Å². The average molecular weight is 549 g/mol. The van der Waals surface area contributed by atoms with E-state index in [1.54, 1.807) is 0 Å². The average Bonchev–Trinajstić information content (AvgIpc) is 1.41. The van der Waals surface area contributed by atoms with Crippen molar-refractivity contribution in [2.75, 3.05) is 0 Å². The van der Waals surface area contributed by atoms with Gasteiger partial charge >= 0.3 is 106 Å². The first-order valence-electron chi connectivity index (χ1n) is 1.85. The van der Waals surface area contributed by atoms with E-state index in [9.17, 15) is 0 Å². The van der Waals surface area contributed by atoms with Gasteiger partial charge in [0.25, 0.3) is 0 Å². The summed E-state index contributed by atoms with van der Waals surface area (Å²) >= 11 is -16.9. The molecule has 0 aliphatic carbocycles. The van der Waals surface area contributed by atoms with Crippen molar-refractivity contribution in [2.24, 2.45) is 0 Å². The van der Waals surface area contributed by atoms with Gasteiger partial charge in [-0.1, -0.05) is 0 Å². The van der Waals surface area contributed by atoms with Crippen molar-refractivity contribution < 1.29 is 106 Å². The van der Waals surface area contributed by atoms with Crippen LogP contribution in [-0.4, -0.2) is 0 Å². The Kier molecular flexibility index (Phi) is 14.7. The fourth-order valence-electron chi connectivity index (χ4n) is 0. The van der Waals surface area contributed by atoms with Crippen molar-refractivity contribution in [1.82, 2.24) is 0 Å². The van der Waals surface area contributed by atoms with E-state index >= 15 is 0 Å². The molecule has 0 unspecified atom stereocenters. The van der Waals surface area contributed by atoms with Gasteiger partial charge in [-0.05, 0) is 0 Å². The molecule has 12 nitrogen and oxygen atoms in total. The van der Waals surface area contributed by atoms with Gasteiger partial charge in [-0.15, -0.1) is 0 Å². The second-order valence-corrected chi connectivity index (χ2v) is 4.68. The molecule has 0 radical (unpaired) electrons. The first-order chi connectivity index (χ1) is 6.00. The van der Waals surface area contributed by atoms with Crippen LogP contribution in [0.25, 0.3) is 0 Å². The second-order valence-electron chi connectivity index (χ2n) is 1.13. The molecule has 0 bridgehead atoms. The van der Waals surface area contributed by atoms with Crippen molar-refractivity contribution in [1.29, 1.82) is 0 Å². The third-order valence-corrected chi connectivity index (χ3v) is 0. The summed E-state index contributed by atoms with van der Waals surface area (Å²) < 4.78 is 103. The van der Waals surface area contributed by atoms with Gasteiger partial charge in [0.05, 0.1) is 0 Å². The topological polar surface area (TPSA) is 223 Å². The first-order valence-corrected chi connectivity index (χ1v) is 7.63. The summed E-state index contributed by atoms with van der Waals surface area (Å²) in [5, 5.41) is 0. The SMILES string of the molecule is [Ir+3].[O]=[Mn](=[O])(=[O])[O-].[O]=[Mn](=[O])(=[O])[O-].[O]=[Mn](=[O])(=[O])[O-]. The van der Waals surface area contributed by atoms with Crippen LogP contribution in [0.1, 0.15) is 0 Å². The van der Waals surface area contributed by atoms with Crippen LogP contribution in [-0.2, 0) is 93.5 Å². The van der Waals surface area contributed by atoms with Crippen LogP contribution in [0.5, 0.6) is 0 Å². The molecule has 0 fully saturated rings. The van der Waals surface area contributed by atoms with Crippen LogP contribution >= 0.6 is 0 Å². The molecule has 0 aliphatic heterocycles. The van der Waals surface area contributed by atoms with Crippen molar-refractivity contribution in [3.05, 3.63) is 0 Å². The Balaban J connectivity index is -0.0000000655. The predicted molar refractivity (Wildman–Crippen MR) is 6.18 cm³/mol. The van der Waals surface area contributed by atoms with Gasteiger partial charge < -0.3 is 0 Å². The maximum absolute atomic E-state index is 8.58. The molecule has 0 aromatic heterocycles. The van der Waals surface area contributed by atoms with E-state index < -0.39 is 38.9 Å². The van der Waals surface area contributed by atoms with Crippen molar-refractivity contribution in [3.8, 4) is 0 Å². The molecule has 0 heterocycles. The molecule has 0 atom stereocenters. The van der Waals surface area contributed by atoms with Gasteiger partial charge in [0.15, 0.2) is 0 Å². The van der Waals surface area contributed by atoms with E-state index in [1.807, 2.05) is 0 Å². The summed E-state index contributed by atoms with van der Waals surface area (Å²) in [4.78, 5) is 0. The van der Waals surface area contributed by atoms with Crippen molar-refractivity contribution in [2.45, 2.75) is 0 Å². The molecule has 0 rings (SSSR count). The summed E-state index contributed by atoms with van der Waals surface area (Å²) in [7, 11) is 0.